The van der Waals surface area contributed by atoms with Crippen LogP contribution < -0.4 is 21.7 Å². The molecule has 134 valence electrons. The first-order valence-corrected chi connectivity index (χ1v) is 7.89. The molecule has 0 aromatic heterocycles. The van der Waals surface area contributed by atoms with Crippen LogP contribution in [0.25, 0.3) is 0 Å². The summed E-state index contributed by atoms with van der Waals surface area (Å²) >= 11 is 0. The predicted molar refractivity (Wildman–Crippen MR) is 96.5 cm³/mol. The summed E-state index contributed by atoms with van der Waals surface area (Å²) in [5.41, 5.74) is 7.26. The molecular weight excluding hydrogens is 332 g/mol. The Balaban J connectivity index is 0.00000288. The Bertz CT molecular complexity index is 550. The van der Waals surface area contributed by atoms with E-state index in [-0.39, 0.29) is 30.3 Å². The summed E-state index contributed by atoms with van der Waals surface area (Å²) in [4.78, 5) is 23.8. The van der Waals surface area contributed by atoms with Crippen LogP contribution in [0.15, 0.2) is 24.3 Å². The number of nitrogens with one attached hydrogen (secondary N) is 3. The lowest BCUT2D eigenvalue weighted by Crippen LogP contribution is -2.44. The summed E-state index contributed by atoms with van der Waals surface area (Å²) in [6, 6.07) is 6.13. The Labute approximate surface area is 148 Å². The SMILES string of the molecule is CCNC(=O)Nc1cccc(NC(=O)C(N)C2CCOCC2)c1.Cl. The quantitative estimate of drug-likeness (QED) is 0.647. The van der Waals surface area contributed by atoms with Crippen molar-refractivity contribution in [3.8, 4) is 0 Å². The topological polar surface area (TPSA) is 105 Å². The second kappa shape index (κ2) is 10.1. The highest BCUT2D eigenvalue weighted by atomic mass is 35.5. The standard InChI is InChI=1S/C16H24N4O3.ClH/c1-2-18-16(22)20-13-5-3-4-12(10-13)19-15(21)14(17)11-6-8-23-9-7-11;/h3-5,10-11,14H,2,6-9,17H2,1H3,(H,19,21)(H2,18,20,22);1H. The molecule has 1 aliphatic rings. The van der Waals surface area contributed by atoms with Gasteiger partial charge in [0.2, 0.25) is 5.91 Å². The number of nitrogens with two attached hydrogens (primary N) is 1. The molecule has 3 amide bonds. The average molecular weight is 357 g/mol. The molecule has 5 N–H and O–H groups in total. The zero-order valence-corrected chi connectivity index (χ0v) is 14.5. The number of benzene rings is 1. The molecule has 1 aromatic rings. The number of hydrogen-bond donors (Lipinski definition) is 4. The first-order chi connectivity index (χ1) is 11.1. The first kappa shape index (κ1) is 20.2. The van der Waals surface area contributed by atoms with Crippen molar-refractivity contribution in [2.24, 2.45) is 11.7 Å². The highest BCUT2D eigenvalue weighted by Gasteiger charge is 2.26. The molecule has 0 bridgehead atoms. The molecule has 0 aliphatic carbocycles. The summed E-state index contributed by atoms with van der Waals surface area (Å²) < 4.78 is 5.29. The first-order valence-electron chi connectivity index (χ1n) is 7.89. The van der Waals surface area contributed by atoms with Crippen molar-refractivity contribution in [3.63, 3.8) is 0 Å². The van der Waals surface area contributed by atoms with E-state index in [0.717, 1.165) is 12.8 Å². The number of hydrogen-bond acceptors (Lipinski definition) is 4. The molecule has 2 rings (SSSR count). The third kappa shape index (κ3) is 5.99. The molecule has 7 nitrogen and oxygen atoms in total. The van der Waals surface area contributed by atoms with Crippen molar-refractivity contribution in [2.45, 2.75) is 25.8 Å². The summed E-state index contributed by atoms with van der Waals surface area (Å²) in [7, 11) is 0. The van der Waals surface area contributed by atoms with Gasteiger partial charge in [0, 0.05) is 31.1 Å². The third-order valence-corrected chi connectivity index (χ3v) is 3.80. The van der Waals surface area contributed by atoms with Crippen LogP contribution in [0.1, 0.15) is 19.8 Å². The Morgan fingerprint density at radius 2 is 1.88 bits per heavy atom. The van der Waals surface area contributed by atoms with Crippen LogP contribution in [0.4, 0.5) is 16.2 Å². The zero-order chi connectivity index (χ0) is 16.7. The number of carbonyl (C=O) groups excluding carboxylic acids is 2. The maximum absolute atomic E-state index is 12.3. The van der Waals surface area contributed by atoms with E-state index in [1.807, 2.05) is 6.92 Å². The Morgan fingerprint density at radius 3 is 2.50 bits per heavy atom. The molecule has 1 aliphatic heterocycles. The second-order valence-corrected chi connectivity index (χ2v) is 5.53. The van der Waals surface area contributed by atoms with Crippen LogP contribution in [0.5, 0.6) is 0 Å². The molecule has 0 saturated carbocycles. The van der Waals surface area contributed by atoms with Crippen LogP contribution in [-0.2, 0) is 9.53 Å². The normalized spacial score (nSPS) is 15.8. The number of ether oxygens (including phenoxy) is 1. The minimum absolute atomic E-state index is 0. The molecule has 1 saturated heterocycles. The molecule has 0 radical (unpaired) electrons. The van der Waals surface area contributed by atoms with Gasteiger partial charge in [-0.1, -0.05) is 6.07 Å². The minimum Gasteiger partial charge on any atom is -0.381 e. The van der Waals surface area contributed by atoms with Crippen LogP contribution in [-0.4, -0.2) is 37.7 Å². The summed E-state index contributed by atoms with van der Waals surface area (Å²) in [6.45, 7) is 3.69. The largest absolute Gasteiger partial charge is 0.381 e. The number of urea groups is 1. The van der Waals surface area contributed by atoms with Gasteiger partial charge < -0.3 is 26.4 Å². The van der Waals surface area contributed by atoms with Crippen molar-refractivity contribution in [1.82, 2.24) is 5.32 Å². The second-order valence-electron chi connectivity index (χ2n) is 5.53. The fourth-order valence-corrected chi connectivity index (χ4v) is 2.53. The van der Waals surface area contributed by atoms with E-state index in [0.29, 0.717) is 31.1 Å². The van der Waals surface area contributed by atoms with Gasteiger partial charge in [0.1, 0.15) is 0 Å². The van der Waals surface area contributed by atoms with E-state index in [1.54, 1.807) is 24.3 Å². The number of anilines is 2. The van der Waals surface area contributed by atoms with Crippen molar-refractivity contribution in [1.29, 1.82) is 0 Å². The summed E-state index contributed by atoms with van der Waals surface area (Å²) in [6.07, 6.45) is 1.60. The highest BCUT2D eigenvalue weighted by molar-refractivity contribution is 5.96. The van der Waals surface area contributed by atoms with Gasteiger partial charge >= 0.3 is 6.03 Å². The van der Waals surface area contributed by atoms with Crippen LogP contribution in [0, 0.1) is 5.92 Å². The fraction of sp³-hybridized carbons (Fsp3) is 0.500. The van der Waals surface area contributed by atoms with Gasteiger partial charge in [0.05, 0.1) is 6.04 Å². The number of amides is 3. The zero-order valence-electron chi connectivity index (χ0n) is 13.7. The monoisotopic (exact) mass is 356 g/mol. The number of carbonyl (C=O) groups is 2. The van der Waals surface area contributed by atoms with Gasteiger partial charge in [-0.05, 0) is 43.9 Å². The smallest absolute Gasteiger partial charge is 0.319 e. The Hall–Kier alpha value is -1.83. The molecule has 24 heavy (non-hydrogen) atoms. The fourth-order valence-electron chi connectivity index (χ4n) is 2.53. The van der Waals surface area contributed by atoms with E-state index in [9.17, 15) is 9.59 Å². The molecule has 1 fully saturated rings. The van der Waals surface area contributed by atoms with E-state index in [2.05, 4.69) is 16.0 Å². The van der Waals surface area contributed by atoms with Gasteiger partial charge in [-0.25, -0.2) is 4.79 Å². The van der Waals surface area contributed by atoms with Crippen LogP contribution in [0.3, 0.4) is 0 Å². The predicted octanol–water partition coefficient (Wildman–Crippen LogP) is 1.94. The average Bonchev–Trinajstić information content (AvgIpc) is 2.55. The Morgan fingerprint density at radius 1 is 1.25 bits per heavy atom. The van der Waals surface area contributed by atoms with Crippen molar-refractivity contribution in [2.75, 3.05) is 30.4 Å². The summed E-state index contributed by atoms with van der Waals surface area (Å²) in [5, 5.41) is 8.15. The van der Waals surface area contributed by atoms with E-state index in [1.165, 1.54) is 0 Å². The molecule has 1 heterocycles. The van der Waals surface area contributed by atoms with E-state index in [4.69, 9.17) is 10.5 Å². The summed E-state index contributed by atoms with van der Waals surface area (Å²) in [5.74, 6) is -0.0764. The minimum atomic E-state index is -0.557. The van der Waals surface area contributed by atoms with E-state index >= 15 is 0 Å². The molecule has 1 atom stereocenters. The molecule has 0 spiro atoms. The molecule has 1 aromatic carbocycles. The lowest BCUT2D eigenvalue weighted by molar-refractivity contribution is -0.119. The van der Waals surface area contributed by atoms with Crippen LogP contribution in [0.2, 0.25) is 0 Å². The lowest BCUT2D eigenvalue weighted by Gasteiger charge is -2.26. The maximum Gasteiger partial charge on any atom is 0.319 e. The van der Waals surface area contributed by atoms with Gasteiger partial charge in [-0.2, -0.15) is 0 Å². The maximum atomic E-state index is 12.3. The third-order valence-electron chi connectivity index (χ3n) is 3.80. The number of rotatable bonds is 5. The van der Waals surface area contributed by atoms with Gasteiger partial charge in [0.15, 0.2) is 0 Å². The van der Waals surface area contributed by atoms with Gasteiger partial charge in [-0.15, -0.1) is 12.4 Å². The van der Waals surface area contributed by atoms with Crippen molar-refractivity contribution in [3.05, 3.63) is 24.3 Å². The van der Waals surface area contributed by atoms with Crippen molar-refractivity contribution >= 4 is 35.7 Å². The molecule has 8 heteroatoms. The van der Waals surface area contributed by atoms with E-state index < -0.39 is 6.04 Å². The Kier molecular flexibility index (Phi) is 8.53. The van der Waals surface area contributed by atoms with Crippen LogP contribution >= 0.6 is 12.4 Å². The molecular formula is C16H25ClN4O3. The lowest BCUT2D eigenvalue weighted by atomic mass is 9.92. The highest BCUT2D eigenvalue weighted by Crippen LogP contribution is 2.20. The van der Waals surface area contributed by atoms with Crippen molar-refractivity contribution < 1.29 is 14.3 Å². The van der Waals surface area contributed by atoms with Gasteiger partial charge in [-0.3, -0.25) is 4.79 Å². The van der Waals surface area contributed by atoms with Gasteiger partial charge in [0.25, 0.3) is 0 Å². The number of halogens is 1. The molecule has 1 unspecified atom stereocenters.